The molecule has 2 aromatic heterocycles. The van der Waals surface area contributed by atoms with Gasteiger partial charge >= 0.3 is 5.69 Å². The number of pyridine rings is 1. The number of aromatic nitrogens is 3. The Morgan fingerprint density at radius 1 is 1.18 bits per heavy atom. The summed E-state index contributed by atoms with van der Waals surface area (Å²) in [5.41, 5.74) is 1.25. The molecule has 6 rings (SSSR count). The third kappa shape index (κ3) is 3.91. The third-order valence-corrected chi connectivity index (χ3v) is 10.5. The van der Waals surface area contributed by atoms with Gasteiger partial charge in [-0.1, -0.05) is 28.2 Å². The van der Waals surface area contributed by atoms with Gasteiger partial charge in [0, 0.05) is 17.6 Å². The fourth-order valence-corrected chi connectivity index (χ4v) is 8.77. The van der Waals surface area contributed by atoms with Gasteiger partial charge in [-0.25, -0.2) is 9.78 Å². The molecule has 38 heavy (non-hydrogen) atoms. The second kappa shape index (κ2) is 9.59. The van der Waals surface area contributed by atoms with E-state index in [9.17, 15) is 14.9 Å². The SMILES string of the molecule is Cc1cc(Oc2ccccc2)ccc1S1(C#N)c2nccc3nc(=O)[nH]c(c23)C1NC(=O)C1CCCNC1. The molecule has 1 amide bonds. The van der Waals surface area contributed by atoms with Crippen LogP contribution in [0.3, 0.4) is 0 Å². The summed E-state index contributed by atoms with van der Waals surface area (Å²) in [6.45, 7) is 3.38. The van der Waals surface area contributed by atoms with Crippen LogP contribution in [0.2, 0.25) is 0 Å². The van der Waals surface area contributed by atoms with Gasteiger partial charge in [0.2, 0.25) is 5.91 Å². The summed E-state index contributed by atoms with van der Waals surface area (Å²) in [7, 11) is -2.62. The minimum atomic E-state index is -2.62. The maximum absolute atomic E-state index is 13.5. The van der Waals surface area contributed by atoms with E-state index in [0.717, 1.165) is 29.8 Å². The van der Waals surface area contributed by atoms with E-state index in [1.807, 2.05) is 55.5 Å². The molecule has 192 valence electrons. The number of aromatic amines is 1. The maximum atomic E-state index is 13.5. The number of para-hydroxylation sites is 1. The maximum Gasteiger partial charge on any atom is 0.345 e. The highest BCUT2D eigenvalue weighted by Gasteiger charge is 2.50. The van der Waals surface area contributed by atoms with Crippen LogP contribution in [0.25, 0.3) is 10.9 Å². The number of aryl methyl sites for hydroxylation is 1. The molecule has 0 bridgehead atoms. The van der Waals surface area contributed by atoms with Crippen LogP contribution in [0.1, 0.15) is 29.5 Å². The van der Waals surface area contributed by atoms with Crippen molar-refractivity contribution in [2.75, 3.05) is 13.1 Å². The number of nitrogens with one attached hydrogen (secondary N) is 3. The van der Waals surface area contributed by atoms with Crippen LogP contribution in [-0.4, -0.2) is 33.9 Å². The Labute approximate surface area is 220 Å². The standard InChI is InChI=1S/C28H26N6O3S/c1-17-14-20(37-19-7-3-2-4-8-19)9-10-22(17)38(16-29)26-23-21(11-13-31-26)32-28(36)33-24(23)27(38)34-25(35)18-6-5-12-30-15-18/h2-4,7-11,13-14,18,27,30H,5-6,12,15H2,1H3,(H,34,35)(H,32,33,36). The number of benzene rings is 2. The summed E-state index contributed by atoms with van der Waals surface area (Å²) in [5.74, 6) is 0.977. The van der Waals surface area contributed by atoms with Crippen LogP contribution < -0.4 is 21.1 Å². The number of hydrogen-bond donors (Lipinski definition) is 3. The van der Waals surface area contributed by atoms with Gasteiger partial charge in [-0.15, -0.1) is 0 Å². The summed E-state index contributed by atoms with van der Waals surface area (Å²) in [4.78, 5) is 38.4. The van der Waals surface area contributed by atoms with Gasteiger partial charge in [0.05, 0.1) is 22.5 Å². The van der Waals surface area contributed by atoms with E-state index in [1.54, 1.807) is 12.3 Å². The van der Waals surface area contributed by atoms with Crippen LogP contribution >= 0.6 is 10.0 Å². The van der Waals surface area contributed by atoms with Crippen molar-refractivity contribution < 1.29 is 9.53 Å². The van der Waals surface area contributed by atoms with Gasteiger partial charge < -0.3 is 20.4 Å². The first-order valence-corrected chi connectivity index (χ1v) is 14.2. The van der Waals surface area contributed by atoms with Crippen LogP contribution in [0.4, 0.5) is 0 Å². The molecular formula is C28H26N6O3S. The van der Waals surface area contributed by atoms with Crippen molar-refractivity contribution in [2.45, 2.75) is 35.1 Å². The molecule has 0 saturated carbocycles. The highest BCUT2D eigenvalue weighted by molar-refractivity contribution is 8.37. The Bertz CT molecular complexity index is 1640. The molecule has 0 spiro atoms. The van der Waals surface area contributed by atoms with Crippen LogP contribution in [0.5, 0.6) is 11.5 Å². The van der Waals surface area contributed by atoms with Gasteiger partial charge in [0.25, 0.3) is 0 Å². The molecule has 2 aliphatic rings. The molecular weight excluding hydrogens is 500 g/mol. The number of H-pyrrole nitrogens is 1. The lowest BCUT2D eigenvalue weighted by atomic mass is 9.99. The molecule has 0 radical (unpaired) electrons. The first-order valence-electron chi connectivity index (χ1n) is 12.5. The Kier molecular flexibility index (Phi) is 6.10. The molecule has 2 aliphatic heterocycles. The quantitative estimate of drug-likeness (QED) is 0.331. The van der Waals surface area contributed by atoms with E-state index in [2.05, 4.69) is 31.0 Å². The van der Waals surface area contributed by atoms with Crippen molar-refractivity contribution in [1.82, 2.24) is 25.6 Å². The van der Waals surface area contributed by atoms with Gasteiger partial charge in [-0.05, 0) is 68.3 Å². The third-order valence-electron chi connectivity index (χ3n) is 7.11. The summed E-state index contributed by atoms with van der Waals surface area (Å²) in [5, 5.41) is 20.4. The topological polar surface area (TPSA) is 133 Å². The second-order valence-electron chi connectivity index (χ2n) is 9.49. The summed E-state index contributed by atoms with van der Waals surface area (Å²) in [6, 6.07) is 16.7. The normalized spacial score (nSPS) is 23.8. The van der Waals surface area contributed by atoms with E-state index in [0.29, 0.717) is 39.7 Å². The number of hydrogen-bond acceptors (Lipinski definition) is 7. The van der Waals surface area contributed by atoms with E-state index in [-0.39, 0.29) is 11.8 Å². The first-order chi connectivity index (χ1) is 18.5. The largest absolute Gasteiger partial charge is 0.457 e. The number of piperidine rings is 1. The molecule has 1 saturated heterocycles. The lowest BCUT2D eigenvalue weighted by Gasteiger charge is -2.37. The molecule has 10 heteroatoms. The smallest absolute Gasteiger partial charge is 0.345 e. The van der Waals surface area contributed by atoms with Gasteiger partial charge in [0.15, 0.2) is 0 Å². The molecule has 1 fully saturated rings. The number of thiocyanates is 1. The van der Waals surface area contributed by atoms with Gasteiger partial charge in [-0.3, -0.25) is 4.79 Å². The zero-order valence-corrected chi connectivity index (χ0v) is 21.5. The number of carbonyl (C=O) groups is 1. The number of carbonyl (C=O) groups excluding carboxylic acids is 1. The Morgan fingerprint density at radius 3 is 2.76 bits per heavy atom. The first kappa shape index (κ1) is 24.2. The molecule has 4 heterocycles. The average Bonchev–Trinajstić information content (AvgIpc) is 3.20. The molecule has 0 aliphatic carbocycles. The van der Waals surface area contributed by atoms with E-state index in [4.69, 9.17) is 4.74 Å². The number of rotatable bonds is 5. The average molecular weight is 527 g/mol. The Balaban J connectivity index is 1.49. The second-order valence-corrected chi connectivity index (χ2v) is 12.3. The van der Waals surface area contributed by atoms with Crippen molar-refractivity contribution in [3.8, 4) is 16.9 Å². The summed E-state index contributed by atoms with van der Waals surface area (Å²) >= 11 is 0. The number of nitriles is 1. The van der Waals surface area contributed by atoms with Crippen molar-refractivity contribution >= 4 is 26.8 Å². The van der Waals surface area contributed by atoms with Crippen molar-refractivity contribution in [3.63, 3.8) is 0 Å². The summed E-state index contributed by atoms with van der Waals surface area (Å²) in [6.07, 6.45) is 3.24. The Hall–Kier alpha value is -4.20. The number of ether oxygens (including phenoxy) is 1. The van der Waals surface area contributed by atoms with Gasteiger partial charge in [0.1, 0.15) is 27.3 Å². The van der Waals surface area contributed by atoms with E-state index < -0.39 is 21.1 Å². The minimum absolute atomic E-state index is 0.144. The molecule has 3 atom stereocenters. The lowest BCUT2D eigenvalue weighted by Crippen LogP contribution is -2.42. The molecule has 2 aromatic carbocycles. The fraction of sp³-hybridized carbons (Fsp3) is 0.250. The van der Waals surface area contributed by atoms with Gasteiger partial charge in [-0.2, -0.15) is 10.2 Å². The van der Waals surface area contributed by atoms with E-state index in [1.165, 1.54) is 0 Å². The van der Waals surface area contributed by atoms with E-state index >= 15 is 0 Å². The molecule has 3 unspecified atom stereocenters. The van der Waals surface area contributed by atoms with Crippen molar-refractivity contribution in [2.24, 2.45) is 5.92 Å². The zero-order chi connectivity index (χ0) is 26.3. The Morgan fingerprint density at radius 2 is 2.03 bits per heavy atom. The monoisotopic (exact) mass is 526 g/mol. The van der Waals surface area contributed by atoms with Crippen molar-refractivity contribution in [3.05, 3.63) is 82.5 Å². The number of amides is 1. The highest BCUT2D eigenvalue weighted by atomic mass is 32.3. The van der Waals surface area contributed by atoms with Crippen LogP contribution in [-0.2, 0) is 4.79 Å². The molecule has 9 nitrogen and oxygen atoms in total. The lowest BCUT2D eigenvalue weighted by molar-refractivity contribution is -0.125. The molecule has 3 N–H and O–H groups in total. The summed E-state index contributed by atoms with van der Waals surface area (Å²) < 4.78 is 6.03. The highest BCUT2D eigenvalue weighted by Crippen LogP contribution is 2.75. The van der Waals surface area contributed by atoms with Crippen LogP contribution in [0.15, 0.2) is 75.5 Å². The number of nitrogens with zero attached hydrogens (tertiary/aromatic N) is 3. The predicted molar refractivity (Wildman–Crippen MR) is 144 cm³/mol. The molecule has 4 aromatic rings. The fourth-order valence-electron chi connectivity index (χ4n) is 5.35. The zero-order valence-electron chi connectivity index (χ0n) is 20.7. The predicted octanol–water partition coefficient (Wildman–Crippen LogP) is 4.25. The van der Waals surface area contributed by atoms with Crippen LogP contribution in [0, 0.1) is 23.5 Å². The van der Waals surface area contributed by atoms with Crippen molar-refractivity contribution in [1.29, 1.82) is 5.26 Å². The minimum Gasteiger partial charge on any atom is -0.457 e.